The van der Waals surface area contributed by atoms with Gasteiger partial charge in [-0.15, -0.1) is 0 Å². The highest BCUT2D eigenvalue weighted by Crippen LogP contribution is 2.54. The monoisotopic (exact) mass is 292 g/mol. The van der Waals surface area contributed by atoms with Crippen molar-refractivity contribution < 1.29 is 44.3 Å². The van der Waals surface area contributed by atoms with Crippen molar-refractivity contribution in [2.45, 2.75) is 43.9 Å². The molecule has 1 unspecified atom stereocenters. The van der Waals surface area contributed by atoms with Gasteiger partial charge in [0.2, 0.25) is 0 Å². The summed E-state index contributed by atoms with van der Waals surface area (Å²) in [6.07, 6.45) is -9.60. The third kappa shape index (κ3) is 2.52. The maximum Gasteiger partial charge on any atom is 0.460 e. The molecule has 0 aromatic carbocycles. The Hall–Kier alpha value is -0.670. The average Bonchev–Trinajstić information content (AvgIpc) is 2.15. The number of hydrogen-bond donors (Lipinski definition) is 0. The van der Waals surface area contributed by atoms with E-state index in [-0.39, 0.29) is 6.92 Å². The van der Waals surface area contributed by atoms with Gasteiger partial charge in [0.05, 0.1) is 0 Å². The number of ether oxygens (including phenoxy) is 1. The van der Waals surface area contributed by atoms with Crippen LogP contribution in [0, 0.1) is 0 Å². The van der Waals surface area contributed by atoms with E-state index >= 15 is 0 Å². The van der Waals surface area contributed by atoms with Crippen molar-refractivity contribution in [2.75, 3.05) is 6.61 Å². The first-order valence-electron chi connectivity index (χ1n) is 4.55. The molecule has 1 atom stereocenters. The van der Waals surface area contributed by atoms with Crippen LogP contribution in [-0.2, 0) is 4.74 Å². The average molecular weight is 292 g/mol. The van der Waals surface area contributed by atoms with Gasteiger partial charge in [0.25, 0.3) is 0 Å². The third-order valence-electron chi connectivity index (χ3n) is 2.10. The van der Waals surface area contributed by atoms with Crippen molar-refractivity contribution in [2.24, 2.45) is 0 Å². The zero-order chi connectivity index (χ0) is 15.0. The van der Waals surface area contributed by atoms with Crippen LogP contribution in [0.25, 0.3) is 0 Å². The maximum atomic E-state index is 13.0. The largest absolute Gasteiger partial charge is 0.460 e. The molecule has 18 heavy (non-hydrogen) atoms. The molecular weight excluding hydrogens is 283 g/mol. The maximum absolute atomic E-state index is 13.0. The Balaban J connectivity index is 5.49. The van der Waals surface area contributed by atoms with Crippen LogP contribution < -0.4 is 0 Å². The molecule has 0 bridgehead atoms. The Bertz CT molecular complexity index is 283. The van der Waals surface area contributed by atoms with Gasteiger partial charge < -0.3 is 4.74 Å². The van der Waals surface area contributed by atoms with E-state index in [1.165, 1.54) is 0 Å². The quantitative estimate of drug-likeness (QED) is 0.699. The van der Waals surface area contributed by atoms with E-state index in [2.05, 4.69) is 4.74 Å². The lowest BCUT2D eigenvalue weighted by atomic mass is 10.00. The zero-order valence-electron chi connectivity index (χ0n) is 9.09. The summed E-state index contributed by atoms with van der Waals surface area (Å²) in [6, 6.07) is 0. The van der Waals surface area contributed by atoms with Crippen molar-refractivity contribution in [1.82, 2.24) is 0 Å². The van der Waals surface area contributed by atoms with E-state index in [1.54, 1.807) is 0 Å². The minimum Gasteiger partial charge on any atom is -0.372 e. The van der Waals surface area contributed by atoms with Crippen molar-refractivity contribution in [3.63, 3.8) is 0 Å². The number of halogens is 9. The van der Waals surface area contributed by atoms with E-state index in [1.807, 2.05) is 0 Å². The van der Waals surface area contributed by atoms with Crippen LogP contribution in [0.4, 0.5) is 39.5 Å². The molecular formula is C8H9F9O. The van der Waals surface area contributed by atoms with Crippen molar-refractivity contribution in [3.05, 3.63) is 0 Å². The van der Waals surface area contributed by atoms with Crippen molar-refractivity contribution in [1.29, 1.82) is 0 Å². The van der Waals surface area contributed by atoms with Crippen LogP contribution in [0.15, 0.2) is 0 Å². The molecule has 0 saturated heterocycles. The van der Waals surface area contributed by atoms with Crippen LogP contribution in [-0.4, -0.2) is 36.7 Å². The molecule has 10 heteroatoms. The van der Waals surface area contributed by atoms with E-state index in [9.17, 15) is 39.5 Å². The third-order valence-corrected chi connectivity index (χ3v) is 2.10. The van der Waals surface area contributed by atoms with Gasteiger partial charge in [-0.05, 0) is 13.8 Å². The second kappa shape index (κ2) is 4.78. The summed E-state index contributed by atoms with van der Waals surface area (Å²) in [5, 5.41) is 0. The van der Waals surface area contributed by atoms with Gasteiger partial charge in [0.15, 0.2) is 0 Å². The summed E-state index contributed by atoms with van der Waals surface area (Å²) in [5.41, 5.74) is 0. The predicted molar refractivity (Wildman–Crippen MR) is 42.0 cm³/mol. The van der Waals surface area contributed by atoms with Gasteiger partial charge in [0, 0.05) is 6.61 Å². The summed E-state index contributed by atoms with van der Waals surface area (Å²) < 4.78 is 115. The molecule has 0 aromatic heterocycles. The van der Waals surface area contributed by atoms with Crippen LogP contribution in [0.3, 0.4) is 0 Å². The standard InChI is InChI=1S/C8H9F9O/c1-3-18-4(2)5(9,10)6(11,12)7(13,14)8(15,16)17/h4H,3H2,1-2H3. The normalized spacial score (nSPS) is 16.8. The summed E-state index contributed by atoms with van der Waals surface area (Å²) in [4.78, 5) is 0. The van der Waals surface area contributed by atoms with Crippen LogP contribution in [0.5, 0.6) is 0 Å². The van der Waals surface area contributed by atoms with Crippen LogP contribution >= 0.6 is 0 Å². The molecule has 0 spiro atoms. The number of alkyl halides is 9. The molecule has 0 aliphatic rings. The molecule has 0 aromatic rings. The highest BCUT2D eigenvalue weighted by atomic mass is 19.4. The fraction of sp³-hybridized carbons (Fsp3) is 1.00. The van der Waals surface area contributed by atoms with Crippen LogP contribution in [0.1, 0.15) is 13.8 Å². The van der Waals surface area contributed by atoms with Gasteiger partial charge in [0.1, 0.15) is 6.10 Å². The first kappa shape index (κ1) is 17.3. The Morgan fingerprint density at radius 1 is 0.833 bits per heavy atom. The van der Waals surface area contributed by atoms with E-state index in [0.717, 1.165) is 6.92 Å². The summed E-state index contributed by atoms with van der Waals surface area (Å²) in [7, 11) is 0. The van der Waals surface area contributed by atoms with E-state index in [4.69, 9.17) is 0 Å². The molecule has 0 saturated carbocycles. The molecule has 110 valence electrons. The summed E-state index contributed by atoms with van der Waals surface area (Å²) in [5.74, 6) is -19.2. The SMILES string of the molecule is CCOC(C)C(F)(F)C(F)(F)C(F)(F)C(F)(F)F. The van der Waals surface area contributed by atoms with Crippen molar-refractivity contribution >= 4 is 0 Å². The topological polar surface area (TPSA) is 9.23 Å². The van der Waals surface area contributed by atoms with Crippen molar-refractivity contribution in [3.8, 4) is 0 Å². The Kier molecular flexibility index (Phi) is 4.60. The first-order chi connectivity index (χ1) is 7.73. The molecule has 0 aliphatic heterocycles. The molecule has 0 aliphatic carbocycles. The molecule has 0 radical (unpaired) electrons. The van der Waals surface area contributed by atoms with Gasteiger partial charge >= 0.3 is 23.9 Å². The predicted octanol–water partition coefficient (Wildman–Crippen LogP) is 3.88. The fourth-order valence-corrected chi connectivity index (χ4v) is 0.997. The van der Waals surface area contributed by atoms with Crippen LogP contribution in [0.2, 0.25) is 0 Å². The van der Waals surface area contributed by atoms with Gasteiger partial charge in [-0.2, -0.15) is 39.5 Å². The summed E-state index contributed by atoms with van der Waals surface area (Å²) >= 11 is 0. The molecule has 0 amide bonds. The summed E-state index contributed by atoms with van der Waals surface area (Å²) in [6.45, 7) is 0.820. The Morgan fingerprint density at radius 2 is 1.22 bits per heavy atom. The molecule has 0 N–H and O–H groups in total. The molecule has 1 nitrogen and oxygen atoms in total. The van der Waals surface area contributed by atoms with E-state index in [0.29, 0.717) is 0 Å². The minimum absolute atomic E-state index is 0.282. The highest BCUT2D eigenvalue weighted by molar-refractivity contribution is 5.02. The zero-order valence-corrected chi connectivity index (χ0v) is 9.09. The Labute approximate surface area is 95.9 Å². The molecule has 0 fully saturated rings. The number of rotatable bonds is 5. The lowest BCUT2D eigenvalue weighted by molar-refractivity contribution is -0.406. The second-order valence-corrected chi connectivity index (χ2v) is 3.37. The second-order valence-electron chi connectivity index (χ2n) is 3.37. The first-order valence-corrected chi connectivity index (χ1v) is 4.55. The fourth-order valence-electron chi connectivity index (χ4n) is 0.997. The highest BCUT2D eigenvalue weighted by Gasteiger charge is 2.82. The van der Waals surface area contributed by atoms with Gasteiger partial charge in [-0.3, -0.25) is 0 Å². The lowest BCUT2D eigenvalue weighted by Crippen LogP contribution is -2.64. The lowest BCUT2D eigenvalue weighted by Gasteiger charge is -2.36. The smallest absolute Gasteiger partial charge is 0.372 e. The minimum atomic E-state index is -6.87. The van der Waals surface area contributed by atoms with Gasteiger partial charge in [-0.25, -0.2) is 0 Å². The molecule has 0 heterocycles. The Morgan fingerprint density at radius 3 is 1.50 bits per heavy atom. The molecule has 0 rings (SSSR count). The van der Waals surface area contributed by atoms with Gasteiger partial charge in [-0.1, -0.05) is 0 Å². The number of hydrogen-bond acceptors (Lipinski definition) is 1. The van der Waals surface area contributed by atoms with E-state index < -0.39 is 36.7 Å².